The Balaban J connectivity index is 2.16. The van der Waals surface area contributed by atoms with Crippen LogP contribution < -0.4 is 5.32 Å². The molecule has 0 spiro atoms. The van der Waals surface area contributed by atoms with Crippen LogP contribution in [-0.4, -0.2) is 11.0 Å². The van der Waals surface area contributed by atoms with E-state index in [2.05, 4.69) is 5.32 Å². The summed E-state index contributed by atoms with van der Waals surface area (Å²) in [6.07, 6.45) is -2.07. The fourth-order valence-electron chi connectivity index (χ4n) is 2.05. The lowest BCUT2D eigenvalue weighted by atomic mass is 10.1. The van der Waals surface area contributed by atoms with Gasteiger partial charge >= 0.3 is 0 Å². The number of nitro benzene ring substituents is 1. The molecule has 1 unspecified atom stereocenters. The Labute approximate surface area is 124 Å². The van der Waals surface area contributed by atoms with Crippen molar-refractivity contribution in [3.05, 3.63) is 56.3 Å². The molecule has 4 nitrogen and oxygen atoms in total. The third kappa shape index (κ3) is 3.98. The fourth-order valence-corrected chi connectivity index (χ4v) is 2.74. The lowest BCUT2D eigenvalue weighted by Crippen LogP contribution is -2.19. The van der Waals surface area contributed by atoms with Crippen molar-refractivity contribution in [2.24, 2.45) is 0 Å². The number of halogens is 2. The van der Waals surface area contributed by atoms with Crippen LogP contribution >= 0.6 is 11.3 Å². The maximum Gasteiger partial charge on any atom is 0.270 e. The molecule has 7 heteroatoms. The van der Waals surface area contributed by atoms with Crippen LogP contribution in [0.5, 0.6) is 0 Å². The summed E-state index contributed by atoms with van der Waals surface area (Å²) in [6, 6.07) is 5.41. The maximum absolute atomic E-state index is 13.0. The number of nitrogens with zero attached hydrogens (tertiary/aromatic N) is 1. The number of non-ortho nitro benzene ring substituents is 1. The van der Waals surface area contributed by atoms with Crippen LogP contribution in [0.15, 0.2) is 35.0 Å². The molecule has 0 fully saturated rings. The summed E-state index contributed by atoms with van der Waals surface area (Å²) in [5.41, 5.74) is 0.682. The summed E-state index contributed by atoms with van der Waals surface area (Å²) in [6.45, 7) is 1.88. The van der Waals surface area contributed by atoms with Crippen molar-refractivity contribution in [2.45, 2.75) is 25.8 Å². The second-order valence-electron chi connectivity index (χ2n) is 4.71. The summed E-state index contributed by atoms with van der Waals surface area (Å²) in [5, 5.41) is 17.6. The number of alkyl halides is 2. The van der Waals surface area contributed by atoms with E-state index in [9.17, 15) is 18.9 Å². The highest BCUT2D eigenvalue weighted by atomic mass is 32.1. The zero-order valence-electron chi connectivity index (χ0n) is 11.3. The number of benzene rings is 1. The van der Waals surface area contributed by atoms with Crippen molar-refractivity contribution in [3.63, 3.8) is 0 Å². The number of nitrogens with one attached hydrogen (secondary N) is 1. The summed E-state index contributed by atoms with van der Waals surface area (Å²) < 4.78 is 26.1. The van der Waals surface area contributed by atoms with Crippen molar-refractivity contribution < 1.29 is 13.7 Å². The van der Waals surface area contributed by atoms with E-state index in [1.165, 1.54) is 12.1 Å². The number of thiophene rings is 1. The van der Waals surface area contributed by atoms with E-state index in [1.807, 2.05) is 23.8 Å². The van der Waals surface area contributed by atoms with E-state index >= 15 is 0 Å². The SMILES string of the molecule is CC(Cc1ccsc1)Nc1ccc([N+](=O)[O-])cc1C(F)F. The van der Waals surface area contributed by atoms with Gasteiger partial charge in [-0.25, -0.2) is 8.78 Å². The van der Waals surface area contributed by atoms with Crippen LogP contribution in [0.1, 0.15) is 24.5 Å². The molecule has 1 aromatic heterocycles. The topological polar surface area (TPSA) is 55.2 Å². The van der Waals surface area contributed by atoms with Crippen LogP contribution in [0.2, 0.25) is 0 Å². The quantitative estimate of drug-likeness (QED) is 0.624. The smallest absolute Gasteiger partial charge is 0.270 e. The molecule has 0 bridgehead atoms. The Bertz CT molecular complexity index is 617. The molecule has 0 amide bonds. The first-order valence-electron chi connectivity index (χ1n) is 6.31. The molecule has 0 aliphatic carbocycles. The second kappa shape index (κ2) is 6.62. The molecular formula is C14H14F2N2O2S. The van der Waals surface area contributed by atoms with Gasteiger partial charge < -0.3 is 5.32 Å². The summed E-state index contributed by atoms with van der Waals surface area (Å²) in [5.74, 6) is 0. The van der Waals surface area contributed by atoms with Gasteiger partial charge in [0.05, 0.1) is 4.92 Å². The number of nitro groups is 1. The minimum atomic E-state index is -2.76. The molecule has 0 saturated heterocycles. The highest BCUT2D eigenvalue weighted by Crippen LogP contribution is 2.31. The standard InChI is InChI=1S/C14H14F2N2O2S/c1-9(6-10-4-5-21-8-10)17-13-3-2-11(18(19)20)7-12(13)14(15)16/h2-5,7-9,14,17H,6H2,1H3. The first-order valence-corrected chi connectivity index (χ1v) is 7.25. The molecule has 21 heavy (non-hydrogen) atoms. The number of anilines is 1. The van der Waals surface area contributed by atoms with Crippen LogP contribution in [0.25, 0.3) is 0 Å². The van der Waals surface area contributed by atoms with Crippen LogP contribution in [0, 0.1) is 10.1 Å². The fraction of sp³-hybridized carbons (Fsp3) is 0.286. The molecule has 0 saturated carbocycles. The molecule has 1 N–H and O–H groups in total. The number of hydrogen-bond acceptors (Lipinski definition) is 4. The van der Waals surface area contributed by atoms with Gasteiger partial charge in [-0.2, -0.15) is 11.3 Å². The highest BCUT2D eigenvalue weighted by molar-refractivity contribution is 7.07. The summed E-state index contributed by atoms with van der Waals surface area (Å²) >= 11 is 1.58. The van der Waals surface area contributed by atoms with Crippen molar-refractivity contribution in [1.82, 2.24) is 0 Å². The summed E-state index contributed by atoms with van der Waals surface area (Å²) in [4.78, 5) is 9.99. The van der Waals surface area contributed by atoms with Crippen molar-refractivity contribution in [3.8, 4) is 0 Å². The first kappa shape index (κ1) is 15.4. The number of rotatable bonds is 6. The Morgan fingerprint density at radius 2 is 2.14 bits per heavy atom. The van der Waals surface area contributed by atoms with Gasteiger partial charge in [0.2, 0.25) is 0 Å². The predicted molar refractivity (Wildman–Crippen MR) is 79.2 cm³/mol. The van der Waals surface area contributed by atoms with E-state index in [-0.39, 0.29) is 23.0 Å². The Hall–Kier alpha value is -2.02. The molecule has 2 aromatic rings. The van der Waals surface area contributed by atoms with E-state index in [4.69, 9.17) is 0 Å². The van der Waals surface area contributed by atoms with Gasteiger partial charge in [-0.1, -0.05) is 0 Å². The monoisotopic (exact) mass is 312 g/mol. The third-order valence-electron chi connectivity index (χ3n) is 3.00. The molecule has 1 heterocycles. The zero-order chi connectivity index (χ0) is 15.4. The van der Waals surface area contributed by atoms with Gasteiger partial charge in [0.15, 0.2) is 0 Å². The Kier molecular flexibility index (Phi) is 4.85. The van der Waals surface area contributed by atoms with Gasteiger partial charge in [0.25, 0.3) is 12.1 Å². The maximum atomic E-state index is 13.0. The highest BCUT2D eigenvalue weighted by Gasteiger charge is 2.19. The molecule has 1 atom stereocenters. The van der Waals surface area contributed by atoms with Crippen LogP contribution in [0.3, 0.4) is 0 Å². The molecule has 2 rings (SSSR count). The van der Waals surface area contributed by atoms with E-state index in [0.29, 0.717) is 6.42 Å². The van der Waals surface area contributed by atoms with Crippen molar-refractivity contribution in [2.75, 3.05) is 5.32 Å². The minimum Gasteiger partial charge on any atom is -0.382 e. The predicted octanol–water partition coefficient (Wildman–Crippen LogP) is 4.64. The first-order chi connectivity index (χ1) is 9.97. The largest absolute Gasteiger partial charge is 0.382 e. The molecule has 0 aliphatic rings. The molecule has 112 valence electrons. The van der Waals surface area contributed by atoms with Crippen molar-refractivity contribution in [1.29, 1.82) is 0 Å². The van der Waals surface area contributed by atoms with Crippen molar-refractivity contribution >= 4 is 22.7 Å². The minimum absolute atomic E-state index is 0.0569. The van der Waals surface area contributed by atoms with Gasteiger partial charge in [-0.3, -0.25) is 10.1 Å². The second-order valence-corrected chi connectivity index (χ2v) is 5.49. The van der Waals surface area contributed by atoms with E-state index in [0.717, 1.165) is 11.6 Å². The molecule has 0 radical (unpaired) electrons. The van der Waals surface area contributed by atoms with Gasteiger partial charge in [0.1, 0.15) is 0 Å². The molecular weight excluding hydrogens is 298 g/mol. The van der Waals surface area contributed by atoms with Gasteiger partial charge in [0, 0.05) is 29.4 Å². The lowest BCUT2D eigenvalue weighted by molar-refractivity contribution is -0.385. The van der Waals surface area contributed by atoms with E-state index in [1.54, 1.807) is 11.3 Å². The normalized spacial score (nSPS) is 12.4. The van der Waals surface area contributed by atoms with E-state index < -0.39 is 11.3 Å². The van der Waals surface area contributed by atoms with Gasteiger partial charge in [-0.15, -0.1) is 0 Å². The summed E-state index contributed by atoms with van der Waals surface area (Å²) in [7, 11) is 0. The molecule has 0 aliphatic heterocycles. The lowest BCUT2D eigenvalue weighted by Gasteiger charge is -2.17. The Morgan fingerprint density at radius 1 is 1.38 bits per heavy atom. The average molecular weight is 312 g/mol. The molecule has 1 aromatic carbocycles. The third-order valence-corrected chi connectivity index (χ3v) is 3.74. The van der Waals surface area contributed by atoms with Crippen LogP contribution in [0.4, 0.5) is 20.2 Å². The number of hydrogen-bond donors (Lipinski definition) is 1. The van der Waals surface area contributed by atoms with Crippen LogP contribution in [-0.2, 0) is 6.42 Å². The zero-order valence-corrected chi connectivity index (χ0v) is 12.1. The van der Waals surface area contributed by atoms with Gasteiger partial charge in [-0.05, 0) is 41.8 Å². The Morgan fingerprint density at radius 3 is 2.71 bits per heavy atom. The average Bonchev–Trinajstić information content (AvgIpc) is 2.91.